The topological polar surface area (TPSA) is 82.0 Å². The molecule has 2 N–H and O–H groups in total. The Morgan fingerprint density at radius 3 is 2.67 bits per heavy atom. The number of nitrogens with one attached hydrogen (secondary N) is 2. The Morgan fingerprint density at radius 1 is 1.17 bits per heavy atom. The van der Waals surface area contributed by atoms with Gasteiger partial charge in [0.15, 0.2) is 0 Å². The normalized spacial score (nSPS) is 33.4. The molecule has 0 aromatic carbocycles. The smallest absolute Gasteiger partial charge is 0.243 e. The van der Waals surface area contributed by atoms with Gasteiger partial charge in [-0.05, 0) is 19.3 Å². The number of piperidine rings is 1. The van der Waals surface area contributed by atoms with Gasteiger partial charge in [0, 0.05) is 12.5 Å². The predicted octanol–water partition coefficient (Wildman–Crippen LogP) is 0.854. The summed E-state index contributed by atoms with van der Waals surface area (Å²) in [4.78, 5) is 22.8. The van der Waals surface area contributed by atoms with E-state index in [1.807, 2.05) is 0 Å². The molecule has 0 aromatic rings. The third-order valence-electron chi connectivity index (χ3n) is 3.84. The number of imide groups is 1. The molecule has 18 heavy (non-hydrogen) atoms. The van der Waals surface area contributed by atoms with Gasteiger partial charge in [0.2, 0.25) is 11.8 Å². The minimum Gasteiger partial charge on any atom is -0.302 e. The number of amides is 2. The average molecular weight is 249 g/mol. The van der Waals surface area contributed by atoms with Crippen LogP contribution in [0.3, 0.4) is 0 Å². The molecule has 1 saturated heterocycles. The number of hydrogen-bond acceptors (Lipinski definition) is 4. The lowest BCUT2D eigenvalue weighted by atomic mass is 9.94. The summed E-state index contributed by atoms with van der Waals surface area (Å²) < 4.78 is 0. The highest BCUT2D eigenvalue weighted by molar-refractivity contribution is 6.00. The van der Waals surface area contributed by atoms with Gasteiger partial charge in [0.05, 0.1) is 18.0 Å². The van der Waals surface area contributed by atoms with Gasteiger partial charge >= 0.3 is 0 Å². The van der Waals surface area contributed by atoms with Crippen LogP contribution in [0.4, 0.5) is 0 Å². The van der Waals surface area contributed by atoms with E-state index in [1.165, 1.54) is 0 Å². The van der Waals surface area contributed by atoms with E-state index in [4.69, 9.17) is 0 Å². The first-order chi connectivity index (χ1) is 8.70. The van der Waals surface area contributed by atoms with Crippen molar-refractivity contribution in [2.24, 2.45) is 5.92 Å². The molecule has 1 heterocycles. The molecule has 0 aromatic heterocycles. The first-order valence-corrected chi connectivity index (χ1v) is 6.70. The van der Waals surface area contributed by atoms with Gasteiger partial charge in [-0.1, -0.05) is 19.3 Å². The van der Waals surface area contributed by atoms with Crippen molar-refractivity contribution >= 4 is 11.8 Å². The van der Waals surface area contributed by atoms with Crippen molar-refractivity contribution in [2.75, 3.05) is 0 Å². The molecule has 2 rings (SSSR count). The van der Waals surface area contributed by atoms with Crippen LogP contribution in [0.1, 0.15) is 44.9 Å². The quantitative estimate of drug-likeness (QED) is 0.561. The summed E-state index contributed by atoms with van der Waals surface area (Å²) in [5.41, 5.74) is 0. The second kappa shape index (κ2) is 5.96. The van der Waals surface area contributed by atoms with Crippen LogP contribution in [0, 0.1) is 17.2 Å². The standard InChI is InChI=1S/C13H19N3O2/c14-8-9-4-2-1-3-5-10(9)15-11-6-7-12(17)16-13(11)18/h9-11,15H,1-7H2,(H,16,17,18). The van der Waals surface area contributed by atoms with Gasteiger partial charge in [-0.25, -0.2) is 0 Å². The second-order valence-corrected chi connectivity index (χ2v) is 5.15. The Hall–Kier alpha value is -1.41. The van der Waals surface area contributed by atoms with Gasteiger partial charge in [0.25, 0.3) is 0 Å². The molecule has 5 nitrogen and oxygen atoms in total. The monoisotopic (exact) mass is 249 g/mol. The molecule has 1 aliphatic heterocycles. The van der Waals surface area contributed by atoms with Crippen molar-refractivity contribution in [3.05, 3.63) is 0 Å². The van der Waals surface area contributed by atoms with Gasteiger partial charge in [-0.3, -0.25) is 14.9 Å². The molecule has 0 spiro atoms. The van der Waals surface area contributed by atoms with E-state index in [0.717, 1.165) is 32.1 Å². The Balaban J connectivity index is 1.96. The van der Waals surface area contributed by atoms with Crippen molar-refractivity contribution in [3.8, 4) is 6.07 Å². The maximum absolute atomic E-state index is 11.7. The highest BCUT2D eigenvalue weighted by Gasteiger charge is 2.31. The van der Waals surface area contributed by atoms with Crippen LogP contribution in [-0.4, -0.2) is 23.9 Å². The Bertz CT molecular complexity index is 375. The van der Waals surface area contributed by atoms with Crippen LogP contribution in [0.2, 0.25) is 0 Å². The molecule has 3 unspecified atom stereocenters. The molecule has 98 valence electrons. The molecule has 2 aliphatic rings. The summed E-state index contributed by atoms with van der Waals surface area (Å²) >= 11 is 0. The maximum atomic E-state index is 11.7. The summed E-state index contributed by atoms with van der Waals surface area (Å²) in [5.74, 6) is -0.458. The lowest BCUT2D eigenvalue weighted by Gasteiger charge is -2.28. The zero-order chi connectivity index (χ0) is 13.0. The number of carbonyl (C=O) groups excluding carboxylic acids is 2. The van der Waals surface area contributed by atoms with E-state index in [1.54, 1.807) is 0 Å². The van der Waals surface area contributed by atoms with Crippen molar-refractivity contribution in [3.63, 3.8) is 0 Å². The predicted molar refractivity (Wildman–Crippen MR) is 65.3 cm³/mol. The molecule has 2 fully saturated rings. The van der Waals surface area contributed by atoms with Crippen molar-refractivity contribution < 1.29 is 9.59 Å². The van der Waals surface area contributed by atoms with Crippen LogP contribution < -0.4 is 10.6 Å². The summed E-state index contributed by atoms with van der Waals surface area (Å²) in [7, 11) is 0. The fraction of sp³-hybridized carbons (Fsp3) is 0.769. The van der Waals surface area contributed by atoms with E-state index in [0.29, 0.717) is 12.8 Å². The molecule has 5 heteroatoms. The third-order valence-corrected chi connectivity index (χ3v) is 3.84. The van der Waals surface area contributed by atoms with E-state index in [2.05, 4.69) is 16.7 Å². The first-order valence-electron chi connectivity index (χ1n) is 6.70. The van der Waals surface area contributed by atoms with Gasteiger partial charge in [-0.15, -0.1) is 0 Å². The summed E-state index contributed by atoms with van der Waals surface area (Å²) in [5, 5.41) is 14.8. The van der Waals surface area contributed by atoms with Crippen molar-refractivity contribution in [2.45, 2.75) is 57.0 Å². The lowest BCUT2D eigenvalue weighted by Crippen LogP contribution is -2.54. The van der Waals surface area contributed by atoms with Gasteiger partial charge in [0.1, 0.15) is 0 Å². The molecule has 1 saturated carbocycles. The number of hydrogen-bond donors (Lipinski definition) is 2. The zero-order valence-electron chi connectivity index (χ0n) is 10.4. The fourth-order valence-electron chi connectivity index (χ4n) is 2.77. The fourth-order valence-corrected chi connectivity index (χ4v) is 2.77. The highest BCUT2D eigenvalue weighted by atomic mass is 16.2. The summed E-state index contributed by atoms with van der Waals surface area (Å²) in [6.07, 6.45) is 6.12. The Kier molecular flexibility index (Phi) is 4.32. The molecule has 1 aliphatic carbocycles. The Labute approximate surface area is 107 Å². The number of nitriles is 1. The summed E-state index contributed by atoms with van der Waals surface area (Å²) in [6.45, 7) is 0. The van der Waals surface area contributed by atoms with E-state index >= 15 is 0 Å². The number of rotatable bonds is 2. The second-order valence-electron chi connectivity index (χ2n) is 5.15. The Morgan fingerprint density at radius 2 is 1.94 bits per heavy atom. The SMILES string of the molecule is N#CC1CCCCCC1NC1CCC(=O)NC1=O. The molecule has 3 atom stereocenters. The van der Waals surface area contributed by atoms with Gasteiger partial charge < -0.3 is 5.32 Å². The molecular weight excluding hydrogens is 230 g/mol. The zero-order valence-corrected chi connectivity index (χ0v) is 10.4. The maximum Gasteiger partial charge on any atom is 0.243 e. The molecule has 2 amide bonds. The lowest BCUT2D eigenvalue weighted by molar-refractivity contribution is -0.134. The largest absolute Gasteiger partial charge is 0.302 e. The molecule has 0 bridgehead atoms. The van der Waals surface area contributed by atoms with Crippen LogP contribution in [0.15, 0.2) is 0 Å². The number of nitrogens with zero attached hydrogens (tertiary/aromatic N) is 1. The van der Waals surface area contributed by atoms with Crippen molar-refractivity contribution in [1.82, 2.24) is 10.6 Å². The molecular formula is C13H19N3O2. The van der Waals surface area contributed by atoms with Crippen LogP contribution >= 0.6 is 0 Å². The molecule has 0 radical (unpaired) electrons. The average Bonchev–Trinajstić information content (AvgIpc) is 2.57. The van der Waals surface area contributed by atoms with Crippen LogP contribution in [0.5, 0.6) is 0 Å². The first kappa shape index (κ1) is 13.0. The van der Waals surface area contributed by atoms with E-state index < -0.39 is 0 Å². The van der Waals surface area contributed by atoms with Crippen LogP contribution in [0.25, 0.3) is 0 Å². The summed E-state index contributed by atoms with van der Waals surface area (Å²) in [6, 6.07) is 2.11. The number of carbonyl (C=O) groups is 2. The minimum atomic E-state index is -0.318. The van der Waals surface area contributed by atoms with E-state index in [9.17, 15) is 14.9 Å². The van der Waals surface area contributed by atoms with E-state index in [-0.39, 0.29) is 29.8 Å². The van der Waals surface area contributed by atoms with Crippen molar-refractivity contribution in [1.29, 1.82) is 5.26 Å². The van der Waals surface area contributed by atoms with Gasteiger partial charge in [-0.2, -0.15) is 5.26 Å². The van der Waals surface area contributed by atoms with Crippen LogP contribution in [-0.2, 0) is 9.59 Å². The highest BCUT2D eigenvalue weighted by Crippen LogP contribution is 2.24. The minimum absolute atomic E-state index is 0.0158. The third kappa shape index (κ3) is 3.08.